The second-order valence-corrected chi connectivity index (χ2v) is 4.97. The first-order chi connectivity index (χ1) is 8.44. The van der Waals surface area contributed by atoms with E-state index in [1.165, 1.54) is 0 Å². The van der Waals surface area contributed by atoms with Crippen molar-refractivity contribution in [2.75, 3.05) is 20.8 Å². The Kier molecular flexibility index (Phi) is 4.71. The smallest absolute Gasteiger partial charge is 0.136 e. The zero-order chi connectivity index (χ0) is 13.8. The summed E-state index contributed by atoms with van der Waals surface area (Å²) in [6, 6.07) is 7.68. The Balaban J connectivity index is 2.90. The van der Waals surface area contributed by atoms with Gasteiger partial charge in [-0.1, -0.05) is 6.07 Å². The molecule has 0 heterocycles. The molecular formula is C14H20N2O2. The second-order valence-electron chi connectivity index (χ2n) is 4.97. The molecule has 0 amide bonds. The Hall–Kier alpha value is -1.57. The molecule has 1 aromatic carbocycles. The van der Waals surface area contributed by atoms with E-state index in [1.807, 2.05) is 33.0 Å². The van der Waals surface area contributed by atoms with Crippen molar-refractivity contribution in [2.24, 2.45) is 0 Å². The van der Waals surface area contributed by atoms with Gasteiger partial charge in [-0.25, -0.2) is 0 Å². The molecule has 4 nitrogen and oxygen atoms in total. The molecule has 0 saturated carbocycles. The first kappa shape index (κ1) is 14.5. The molecule has 0 unspecified atom stereocenters. The number of nitriles is 1. The van der Waals surface area contributed by atoms with Crippen LogP contribution in [-0.2, 0) is 6.54 Å². The van der Waals surface area contributed by atoms with Gasteiger partial charge in [-0.2, -0.15) is 5.26 Å². The van der Waals surface area contributed by atoms with Crippen LogP contribution in [0.4, 0.5) is 0 Å². The van der Waals surface area contributed by atoms with Crippen molar-refractivity contribution in [1.82, 2.24) is 4.90 Å². The predicted octanol–water partition coefficient (Wildman–Crippen LogP) is 1.77. The normalized spacial score (nSPS) is 11.4. The molecule has 0 radical (unpaired) electrons. The monoisotopic (exact) mass is 248 g/mol. The summed E-state index contributed by atoms with van der Waals surface area (Å²) in [7, 11) is 3.50. The molecule has 1 aromatic rings. The lowest BCUT2D eigenvalue weighted by molar-refractivity contribution is 0.0734. The van der Waals surface area contributed by atoms with Crippen molar-refractivity contribution in [3.8, 4) is 11.8 Å². The number of likely N-dealkylation sites (N-methyl/N-ethyl adjacent to an activating group) is 1. The summed E-state index contributed by atoms with van der Waals surface area (Å²) in [4.78, 5) is 2.05. The third-order valence-electron chi connectivity index (χ3n) is 3.22. The quantitative estimate of drug-likeness (QED) is 0.862. The number of aliphatic hydroxyl groups excluding tert-OH is 1. The van der Waals surface area contributed by atoms with Crippen LogP contribution in [0.2, 0.25) is 0 Å². The van der Waals surface area contributed by atoms with Gasteiger partial charge in [0.05, 0.1) is 19.3 Å². The van der Waals surface area contributed by atoms with Gasteiger partial charge in [0, 0.05) is 12.1 Å². The minimum absolute atomic E-state index is 0.0881. The standard InChI is InChI=1S/C14H20N2O2/c1-14(2,10-17)16(3)9-11-5-6-13(18-4)12(7-11)8-15/h5-7,17H,9-10H2,1-4H3. The highest BCUT2D eigenvalue weighted by atomic mass is 16.5. The molecule has 0 aromatic heterocycles. The molecule has 0 aliphatic heterocycles. The van der Waals surface area contributed by atoms with E-state index in [9.17, 15) is 5.11 Å². The highest BCUT2D eigenvalue weighted by Crippen LogP contribution is 2.21. The molecule has 98 valence electrons. The molecule has 1 N–H and O–H groups in total. The summed E-state index contributed by atoms with van der Waals surface area (Å²) in [6.45, 7) is 4.71. The zero-order valence-electron chi connectivity index (χ0n) is 11.4. The van der Waals surface area contributed by atoms with Crippen molar-refractivity contribution >= 4 is 0 Å². The highest BCUT2D eigenvalue weighted by Gasteiger charge is 2.22. The second kappa shape index (κ2) is 5.85. The van der Waals surface area contributed by atoms with Crippen LogP contribution in [0.15, 0.2) is 18.2 Å². The molecule has 0 saturated heterocycles. The van der Waals surface area contributed by atoms with E-state index in [-0.39, 0.29) is 12.1 Å². The molecule has 0 atom stereocenters. The molecule has 0 aliphatic carbocycles. The van der Waals surface area contributed by atoms with E-state index < -0.39 is 0 Å². The van der Waals surface area contributed by atoms with E-state index in [1.54, 1.807) is 13.2 Å². The Bertz CT molecular complexity index is 450. The van der Waals surface area contributed by atoms with Crippen LogP contribution >= 0.6 is 0 Å². The maximum atomic E-state index is 9.31. The van der Waals surface area contributed by atoms with Gasteiger partial charge >= 0.3 is 0 Å². The fourth-order valence-corrected chi connectivity index (χ4v) is 1.55. The Morgan fingerprint density at radius 1 is 1.44 bits per heavy atom. The minimum atomic E-state index is -0.285. The number of rotatable bonds is 5. The van der Waals surface area contributed by atoms with Gasteiger partial charge < -0.3 is 9.84 Å². The number of ether oxygens (including phenoxy) is 1. The number of aliphatic hydroxyl groups is 1. The van der Waals surface area contributed by atoms with Gasteiger partial charge in [0.15, 0.2) is 0 Å². The van der Waals surface area contributed by atoms with Crippen LogP contribution < -0.4 is 4.74 Å². The van der Waals surface area contributed by atoms with Gasteiger partial charge in [0.2, 0.25) is 0 Å². The van der Waals surface area contributed by atoms with Gasteiger partial charge in [0.25, 0.3) is 0 Å². The van der Waals surface area contributed by atoms with Crippen molar-refractivity contribution in [1.29, 1.82) is 5.26 Å². The van der Waals surface area contributed by atoms with E-state index >= 15 is 0 Å². The zero-order valence-corrected chi connectivity index (χ0v) is 11.4. The predicted molar refractivity (Wildman–Crippen MR) is 70.3 cm³/mol. The van der Waals surface area contributed by atoms with Crippen molar-refractivity contribution in [3.63, 3.8) is 0 Å². The molecule has 0 fully saturated rings. The first-order valence-electron chi connectivity index (χ1n) is 5.83. The minimum Gasteiger partial charge on any atom is -0.495 e. The van der Waals surface area contributed by atoms with Crippen LogP contribution in [0.1, 0.15) is 25.0 Å². The van der Waals surface area contributed by atoms with Crippen molar-refractivity contribution in [3.05, 3.63) is 29.3 Å². The SMILES string of the molecule is COc1ccc(CN(C)C(C)(C)CO)cc1C#N. The van der Waals surface area contributed by atoms with Crippen LogP contribution in [0.3, 0.4) is 0 Å². The topological polar surface area (TPSA) is 56.5 Å². The van der Waals surface area contributed by atoms with Crippen molar-refractivity contribution < 1.29 is 9.84 Å². The summed E-state index contributed by atoms with van der Waals surface area (Å²) in [6.07, 6.45) is 0. The van der Waals surface area contributed by atoms with Crippen LogP contribution in [-0.4, -0.2) is 36.3 Å². The summed E-state index contributed by atoms with van der Waals surface area (Å²) >= 11 is 0. The van der Waals surface area contributed by atoms with Crippen LogP contribution in [0, 0.1) is 11.3 Å². The number of methoxy groups -OCH3 is 1. The fourth-order valence-electron chi connectivity index (χ4n) is 1.55. The van der Waals surface area contributed by atoms with Crippen LogP contribution in [0.5, 0.6) is 5.75 Å². The van der Waals surface area contributed by atoms with Gasteiger partial charge in [-0.05, 0) is 38.6 Å². The van der Waals surface area contributed by atoms with E-state index in [2.05, 4.69) is 11.0 Å². The number of benzene rings is 1. The van der Waals surface area contributed by atoms with Gasteiger partial charge in [-0.15, -0.1) is 0 Å². The maximum absolute atomic E-state index is 9.31. The Morgan fingerprint density at radius 3 is 2.61 bits per heavy atom. The maximum Gasteiger partial charge on any atom is 0.136 e. The lowest BCUT2D eigenvalue weighted by Gasteiger charge is -2.33. The molecule has 1 rings (SSSR count). The van der Waals surface area contributed by atoms with E-state index in [4.69, 9.17) is 10.00 Å². The van der Waals surface area contributed by atoms with E-state index in [0.29, 0.717) is 17.9 Å². The summed E-state index contributed by atoms with van der Waals surface area (Å²) in [5.41, 5.74) is 1.27. The van der Waals surface area contributed by atoms with E-state index in [0.717, 1.165) is 5.56 Å². The number of hydrogen-bond donors (Lipinski definition) is 1. The lowest BCUT2D eigenvalue weighted by Crippen LogP contribution is -2.43. The lowest BCUT2D eigenvalue weighted by atomic mass is 10.0. The summed E-state index contributed by atoms with van der Waals surface area (Å²) < 4.78 is 5.11. The molecule has 18 heavy (non-hydrogen) atoms. The molecule has 0 bridgehead atoms. The third kappa shape index (κ3) is 3.22. The third-order valence-corrected chi connectivity index (χ3v) is 3.22. The van der Waals surface area contributed by atoms with Gasteiger partial charge in [-0.3, -0.25) is 4.90 Å². The summed E-state index contributed by atoms with van der Waals surface area (Å²) in [5, 5.41) is 18.3. The average molecular weight is 248 g/mol. The first-order valence-corrected chi connectivity index (χ1v) is 5.83. The number of nitrogens with zero attached hydrogens (tertiary/aromatic N) is 2. The Labute approximate surface area is 108 Å². The number of hydrogen-bond acceptors (Lipinski definition) is 4. The van der Waals surface area contributed by atoms with Crippen LogP contribution in [0.25, 0.3) is 0 Å². The molecule has 0 spiro atoms. The largest absolute Gasteiger partial charge is 0.495 e. The molecule has 0 aliphatic rings. The van der Waals surface area contributed by atoms with Gasteiger partial charge in [0.1, 0.15) is 11.8 Å². The summed E-state index contributed by atoms with van der Waals surface area (Å²) in [5.74, 6) is 0.588. The average Bonchev–Trinajstić information content (AvgIpc) is 2.38. The molecule has 4 heteroatoms. The van der Waals surface area contributed by atoms with Crippen molar-refractivity contribution in [2.45, 2.75) is 25.9 Å². The Morgan fingerprint density at radius 2 is 2.11 bits per heavy atom. The fraction of sp³-hybridized carbons (Fsp3) is 0.500. The molecular weight excluding hydrogens is 228 g/mol. The highest BCUT2D eigenvalue weighted by molar-refractivity contribution is 5.45.